The van der Waals surface area contributed by atoms with Crippen molar-refractivity contribution >= 4 is 11.6 Å². The van der Waals surface area contributed by atoms with E-state index in [1.807, 2.05) is 19.9 Å². The molecular formula is C15H26N4O2. The summed E-state index contributed by atoms with van der Waals surface area (Å²) in [7, 11) is 0. The zero-order valence-electron chi connectivity index (χ0n) is 12.9. The Labute approximate surface area is 126 Å². The Morgan fingerprint density at radius 3 is 2.71 bits per heavy atom. The predicted octanol–water partition coefficient (Wildman–Crippen LogP) is 2.16. The fourth-order valence-electron chi connectivity index (χ4n) is 2.57. The maximum absolute atomic E-state index is 10.1. The minimum absolute atomic E-state index is 0.0723. The standard InChI is InChI=1S/C15H26N4O2/c1-3-16-13-9-14(19-15(18-13)10-21-4-2)17-11-7-5-6-8-12(11)20/h9,11-12,20H,3-8,10H2,1-2H3,(H2,16,17,18,19). The average molecular weight is 294 g/mol. The fraction of sp³-hybridized carbons (Fsp3) is 0.733. The lowest BCUT2D eigenvalue weighted by Crippen LogP contribution is -2.36. The summed E-state index contributed by atoms with van der Waals surface area (Å²) in [5.74, 6) is 2.19. The molecule has 0 bridgehead atoms. The fourth-order valence-corrected chi connectivity index (χ4v) is 2.57. The second-order valence-corrected chi connectivity index (χ2v) is 5.32. The third kappa shape index (κ3) is 4.82. The predicted molar refractivity (Wildman–Crippen MR) is 83.4 cm³/mol. The molecule has 118 valence electrons. The van der Waals surface area contributed by atoms with Gasteiger partial charge in [0.2, 0.25) is 0 Å². The van der Waals surface area contributed by atoms with Crippen molar-refractivity contribution in [3.8, 4) is 0 Å². The Kier molecular flexibility index (Phi) is 6.20. The molecule has 0 saturated heterocycles. The number of aliphatic hydroxyl groups is 1. The molecule has 2 unspecified atom stereocenters. The Balaban J connectivity index is 2.10. The van der Waals surface area contributed by atoms with E-state index in [1.165, 1.54) is 0 Å². The van der Waals surface area contributed by atoms with Gasteiger partial charge in [-0.25, -0.2) is 9.97 Å². The van der Waals surface area contributed by atoms with E-state index in [0.29, 0.717) is 19.0 Å². The highest BCUT2D eigenvalue weighted by atomic mass is 16.5. The molecule has 0 aromatic carbocycles. The first-order chi connectivity index (χ1) is 10.2. The molecule has 2 atom stereocenters. The van der Waals surface area contributed by atoms with Crippen LogP contribution in [-0.2, 0) is 11.3 Å². The van der Waals surface area contributed by atoms with Crippen LogP contribution in [0, 0.1) is 0 Å². The first-order valence-electron chi connectivity index (χ1n) is 7.87. The van der Waals surface area contributed by atoms with Crippen LogP contribution in [0.4, 0.5) is 11.6 Å². The van der Waals surface area contributed by atoms with Crippen LogP contribution >= 0.6 is 0 Å². The van der Waals surface area contributed by atoms with Crippen molar-refractivity contribution in [1.29, 1.82) is 0 Å². The molecule has 1 fully saturated rings. The summed E-state index contributed by atoms with van der Waals surface area (Å²) in [6, 6.07) is 1.96. The van der Waals surface area contributed by atoms with Gasteiger partial charge < -0.3 is 20.5 Å². The van der Waals surface area contributed by atoms with Gasteiger partial charge in [-0.2, -0.15) is 0 Å². The Morgan fingerprint density at radius 1 is 1.24 bits per heavy atom. The lowest BCUT2D eigenvalue weighted by molar-refractivity contribution is 0.116. The molecule has 0 radical (unpaired) electrons. The topological polar surface area (TPSA) is 79.3 Å². The Morgan fingerprint density at radius 2 is 2.00 bits per heavy atom. The van der Waals surface area contributed by atoms with Crippen LogP contribution in [0.25, 0.3) is 0 Å². The van der Waals surface area contributed by atoms with E-state index in [1.54, 1.807) is 0 Å². The maximum atomic E-state index is 10.1. The van der Waals surface area contributed by atoms with Gasteiger partial charge in [0.1, 0.15) is 18.2 Å². The molecule has 2 rings (SSSR count). The quantitative estimate of drug-likeness (QED) is 0.715. The summed E-state index contributed by atoms with van der Waals surface area (Å²) >= 11 is 0. The molecule has 1 aromatic rings. The van der Waals surface area contributed by atoms with Crippen molar-refractivity contribution < 1.29 is 9.84 Å². The minimum atomic E-state index is -0.299. The monoisotopic (exact) mass is 294 g/mol. The normalized spacial score (nSPS) is 22.0. The van der Waals surface area contributed by atoms with Crippen molar-refractivity contribution in [1.82, 2.24) is 9.97 Å². The largest absolute Gasteiger partial charge is 0.391 e. The van der Waals surface area contributed by atoms with Crippen LogP contribution < -0.4 is 10.6 Å². The second kappa shape index (κ2) is 8.14. The van der Waals surface area contributed by atoms with Gasteiger partial charge in [0.15, 0.2) is 5.82 Å². The van der Waals surface area contributed by atoms with E-state index >= 15 is 0 Å². The SMILES string of the molecule is CCNc1cc(NC2CCCCC2O)nc(COCC)n1. The second-order valence-electron chi connectivity index (χ2n) is 5.32. The number of hydrogen-bond donors (Lipinski definition) is 3. The van der Waals surface area contributed by atoms with Gasteiger partial charge in [0, 0.05) is 19.2 Å². The van der Waals surface area contributed by atoms with Gasteiger partial charge >= 0.3 is 0 Å². The van der Waals surface area contributed by atoms with Gasteiger partial charge in [0.25, 0.3) is 0 Å². The zero-order valence-corrected chi connectivity index (χ0v) is 12.9. The van der Waals surface area contributed by atoms with Crippen LogP contribution in [-0.4, -0.2) is 40.4 Å². The molecule has 6 heteroatoms. The molecule has 1 aliphatic carbocycles. The lowest BCUT2D eigenvalue weighted by atomic mass is 9.92. The number of nitrogens with zero attached hydrogens (tertiary/aromatic N) is 2. The molecule has 1 heterocycles. The number of nitrogens with one attached hydrogen (secondary N) is 2. The van der Waals surface area contributed by atoms with Crippen molar-refractivity contribution in [3.63, 3.8) is 0 Å². The Hall–Kier alpha value is -1.40. The highest BCUT2D eigenvalue weighted by Crippen LogP contribution is 2.22. The third-order valence-electron chi connectivity index (χ3n) is 3.63. The number of anilines is 2. The molecule has 3 N–H and O–H groups in total. The summed E-state index contributed by atoms with van der Waals surface area (Å²) in [5.41, 5.74) is 0. The third-order valence-corrected chi connectivity index (χ3v) is 3.63. The summed E-state index contributed by atoms with van der Waals surface area (Å²) in [6.07, 6.45) is 3.77. The molecule has 0 spiro atoms. The lowest BCUT2D eigenvalue weighted by Gasteiger charge is -2.29. The van der Waals surface area contributed by atoms with E-state index in [0.717, 1.165) is 43.9 Å². The molecule has 1 aromatic heterocycles. The Bertz CT molecular complexity index is 442. The van der Waals surface area contributed by atoms with E-state index < -0.39 is 0 Å². The first kappa shape index (κ1) is 16.0. The number of ether oxygens (including phenoxy) is 1. The molecular weight excluding hydrogens is 268 g/mol. The number of hydrogen-bond acceptors (Lipinski definition) is 6. The number of aliphatic hydroxyl groups excluding tert-OH is 1. The molecule has 1 saturated carbocycles. The molecule has 0 amide bonds. The summed E-state index contributed by atoms with van der Waals surface area (Å²) in [4.78, 5) is 8.91. The van der Waals surface area contributed by atoms with Crippen LogP contribution in [0.2, 0.25) is 0 Å². The zero-order chi connectivity index (χ0) is 15.1. The summed E-state index contributed by atoms with van der Waals surface area (Å²) < 4.78 is 5.39. The van der Waals surface area contributed by atoms with Crippen LogP contribution in [0.15, 0.2) is 6.07 Å². The van der Waals surface area contributed by atoms with Gasteiger partial charge in [0.05, 0.1) is 12.1 Å². The van der Waals surface area contributed by atoms with Crippen molar-refractivity contribution in [2.45, 2.75) is 58.3 Å². The van der Waals surface area contributed by atoms with E-state index in [4.69, 9.17) is 4.74 Å². The van der Waals surface area contributed by atoms with Crippen LogP contribution in [0.1, 0.15) is 45.4 Å². The molecule has 21 heavy (non-hydrogen) atoms. The van der Waals surface area contributed by atoms with E-state index in [-0.39, 0.29) is 12.1 Å². The molecule has 0 aliphatic heterocycles. The van der Waals surface area contributed by atoms with Gasteiger partial charge in [-0.05, 0) is 26.7 Å². The van der Waals surface area contributed by atoms with Crippen molar-refractivity contribution in [3.05, 3.63) is 11.9 Å². The average Bonchev–Trinajstić information content (AvgIpc) is 2.48. The van der Waals surface area contributed by atoms with Crippen molar-refractivity contribution in [2.24, 2.45) is 0 Å². The highest BCUT2D eigenvalue weighted by molar-refractivity contribution is 5.48. The molecule has 1 aliphatic rings. The van der Waals surface area contributed by atoms with E-state index in [2.05, 4.69) is 20.6 Å². The minimum Gasteiger partial charge on any atom is -0.391 e. The van der Waals surface area contributed by atoms with E-state index in [9.17, 15) is 5.11 Å². The number of aromatic nitrogens is 2. The summed E-state index contributed by atoms with van der Waals surface area (Å²) in [5, 5.41) is 16.6. The maximum Gasteiger partial charge on any atom is 0.158 e. The smallest absolute Gasteiger partial charge is 0.158 e. The van der Waals surface area contributed by atoms with Gasteiger partial charge in [-0.15, -0.1) is 0 Å². The number of rotatable bonds is 7. The highest BCUT2D eigenvalue weighted by Gasteiger charge is 2.23. The summed E-state index contributed by atoms with van der Waals surface area (Å²) in [6.45, 7) is 5.82. The van der Waals surface area contributed by atoms with Crippen LogP contribution in [0.3, 0.4) is 0 Å². The van der Waals surface area contributed by atoms with Crippen molar-refractivity contribution in [2.75, 3.05) is 23.8 Å². The molecule has 6 nitrogen and oxygen atoms in total. The first-order valence-corrected chi connectivity index (χ1v) is 7.87. The van der Waals surface area contributed by atoms with Gasteiger partial charge in [-0.1, -0.05) is 12.8 Å². The van der Waals surface area contributed by atoms with Gasteiger partial charge in [-0.3, -0.25) is 0 Å². The van der Waals surface area contributed by atoms with Crippen LogP contribution in [0.5, 0.6) is 0 Å².